The normalized spacial score (nSPS) is 31.4. The summed E-state index contributed by atoms with van der Waals surface area (Å²) in [5.74, 6) is -4.24. The van der Waals surface area contributed by atoms with Crippen molar-refractivity contribution in [1.82, 2.24) is 0 Å². The van der Waals surface area contributed by atoms with Gasteiger partial charge in [-0.25, -0.2) is 0 Å². The fourth-order valence-corrected chi connectivity index (χ4v) is 10.1. The number of ketones is 4. The molecule has 260 valence electrons. The summed E-state index contributed by atoms with van der Waals surface area (Å²) in [4.78, 5) is 53.1. The Hall–Kier alpha value is -4.04. The van der Waals surface area contributed by atoms with Crippen LogP contribution in [0.5, 0.6) is 5.75 Å². The van der Waals surface area contributed by atoms with Crippen LogP contribution in [-0.2, 0) is 32.0 Å². The zero-order chi connectivity index (χ0) is 35.8. The molecular formula is C41H48O8. The highest BCUT2D eigenvalue weighted by Crippen LogP contribution is 2.65. The van der Waals surface area contributed by atoms with Crippen molar-refractivity contribution in [3.8, 4) is 16.9 Å². The Balaban J connectivity index is 1.39. The number of rotatable bonds is 7. The van der Waals surface area contributed by atoms with Gasteiger partial charge in [-0.3, -0.25) is 19.2 Å². The van der Waals surface area contributed by atoms with E-state index in [0.29, 0.717) is 23.7 Å². The molecule has 2 fully saturated rings. The Morgan fingerprint density at radius 2 is 1.57 bits per heavy atom. The number of allylic oxidation sites excluding steroid dienone is 1. The first-order chi connectivity index (χ1) is 23.0. The lowest BCUT2D eigenvalue weighted by Crippen LogP contribution is -2.69. The van der Waals surface area contributed by atoms with Gasteiger partial charge in [0, 0.05) is 34.7 Å². The summed E-state index contributed by atoms with van der Waals surface area (Å²) in [7, 11) is 0. The minimum atomic E-state index is -2.63. The molecule has 8 heteroatoms. The second-order valence-electron chi connectivity index (χ2n) is 15.9. The van der Waals surface area contributed by atoms with Crippen LogP contribution in [-0.4, -0.2) is 49.2 Å². The highest BCUT2D eigenvalue weighted by molar-refractivity contribution is 6.24. The Morgan fingerprint density at radius 3 is 2.14 bits per heavy atom. The number of hydrogen-bond acceptors (Lipinski definition) is 8. The molecule has 0 heterocycles. The molecule has 2 aromatic carbocycles. The first-order valence-electron chi connectivity index (χ1n) is 17.7. The van der Waals surface area contributed by atoms with E-state index < -0.39 is 56.8 Å². The Kier molecular flexibility index (Phi) is 8.58. The van der Waals surface area contributed by atoms with Crippen LogP contribution in [0.3, 0.4) is 0 Å². The smallest absolute Gasteiger partial charge is 0.203 e. The number of aromatic hydroxyl groups is 1. The van der Waals surface area contributed by atoms with E-state index in [1.54, 1.807) is 26.8 Å². The first kappa shape index (κ1) is 34.8. The van der Waals surface area contributed by atoms with Gasteiger partial charge in [0.25, 0.3) is 0 Å². The molecular weight excluding hydrogens is 620 g/mol. The van der Waals surface area contributed by atoms with Crippen LogP contribution < -0.4 is 0 Å². The van der Waals surface area contributed by atoms with Crippen LogP contribution >= 0.6 is 0 Å². The van der Waals surface area contributed by atoms with Crippen LogP contribution in [0.4, 0.5) is 0 Å². The minimum Gasteiger partial charge on any atom is -0.508 e. The summed E-state index contributed by atoms with van der Waals surface area (Å²) in [5.41, 5.74) is -2.35. The molecule has 4 atom stereocenters. The topological polar surface area (TPSA) is 149 Å². The fraction of sp³-hybridized carbons (Fsp3) is 0.512. The molecule has 49 heavy (non-hydrogen) atoms. The van der Waals surface area contributed by atoms with Gasteiger partial charge in [0.1, 0.15) is 28.6 Å². The number of benzene rings is 2. The lowest BCUT2D eigenvalue weighted by atomic mass is 9.43. The molecule has 0 spiro atoms. The molecule has 0 radical (unpaired) electrons. The number of phenols is 1. The molecule has 0 aliphatic heterocycles. The average Bonchev–Trinajstić information content (AvgIpc) is 3.03. The van der Waals surface area contributed by atoms with E-state index in [4.69, 9.17) is 0 Å². The summed E-state index contributed by atoms with van der Waals surface area (Å²) in [6, 6.07) is 11.5. The summed E-state index contributed by atoms with van der Waals surface area (Å²) in [6.07, 6.45) is 5.77. The molecule has 4 aliphatic carbocycles. The Morgan fingerprint density at radius 1 is 0.939 bits per heavy atom. The lowest BCUT2D eigenvalue weighted by molar-refractivity contribution is -0.178. The van der Waals surface area contributed by atoms with E-state index in [1.807, 2.05) is 26.0 Å². The molecule has 6 rings (SSSR count). The van der Waals surface area contributed by atoms with Crippen molar-refractivity contribution < 1.29 is 39.6 Å². The third-order valence-corrected chi connectivity index (χ3v) is 12.3. The number of aliphatic hydroxyl groups is 3. The van der Waals surface area contributed by atoms with Crippen molar-refractivity contribution in [1.29, 1.82) is 0 Å². The van der Waals surface area contributed by atoms with Crippen LogP contribution in [0, 0.1) is 34.5 Å². The number of fused-ring (bicyclic) bond motifs is 3. The maximum Gasteiger partial charge on any atom is 0.203 e. The van der Waals surface area contributed by atoms with Gasteiger partial charge < -0.3 is 20.4 Å². The summed E-state index contributed by atoms with van der Waals surface area (Å²) in [5, 5.41) is 46.6. The van der Waals surface area contributed by atoms with E-state index in [0.717, 1.165) is 50.2 Å². The first-order valence-corrected chi connectivity index (χ1v) is 17.7. The van der Waals surface area contributed by atoms with Crippen LogP contribution in [0.15, 0.2) is 53.3 Å². The standard InChI is InChI=1S/C41H48O8/c1-7-29(43)26-14-10-24(11-15-26)18-23-8-12-25(13-9-23)27-16-17-30(44)32-28(27)19-39(5)20-40(6)33(21(2)3)35(45)31(22(4)42)37(47)41(40,49)38(48)34(39)36(32)46/h8-9,12-13,16-17,21,24,26,33,44,46-47,49H,7,10-11,14-15,18-20H2,1-6H3/t24?,26?,33?,39-,40-,41+/m1/s1. The SMILES string of the molecule is CCC(=O)C1CCC(Cc2ccc(-c3ccc(O)c4c3C[C@]3(C)C[C@]5(C)C(C(C)C)C(=O)C(C(C)=O)=C(O)[C@]5(O)C(=O)C3=C4O)cc2)CC1. The number of phenolic OH excluding ortho intramolecular Hbond substituents is 1. The van der Waals surface area contributed by atoms with Crippen molar-refractivity contribution in [3.63, 3.8) is 0 Å². The van der Waals surface area contributed by atoms with E-state index in [9.17, 15) is 39.6 Å². The van der Waals surface area contributed by atoms with Gasteiger partial charge >= 0.3 is 0 Å². The minimum absolute atomic E-state index is 0.0467. The van der Waals surface area contributed by atoms with E-state index in [1.165, 1.54) is 11.6 Å². The monoisotopic (exact) mass is 668 g/mol. The van der Waals surface area contributed by atoms with Gasteiger partial charge in [-0.05, 0) is 92.0 Å². The number of aliphatic hydroxyl groups excluding tert-OH is 2. The molecule has 0 bridgehead atoms. The molecule has 2 saturated carbocycles. The van der Waals surface area contributed by atoms with Gasteiger partial charge in [0.15, 0.2) is 17.2 Å². The van der Waals surface area contributed by atoms with Crippen LogP contribution in [0.2, 0.25) is 0 Å². The van der Waals surface area contributed by atoms with E-state index in [-0.39, 0.29) is 41.6 Å². The number of hydrogen-bond donors (Lipinski definition) is 4. The molecule has 0 aromatic heterocycles. The van der Waals surface area contributed by atoms with Gasteiger partial charge in [-0.1, -0.05) is 65.0 Å². The molecule has 1 unspecified atom stereocenters. The summed E-state index contributed by atoms with van der Waals surface area (Å²) < 4.78 is 0. The third kappa shape index (κ3) is 5.12. The predicted molar refractivity (Wildman–Crippen MR) is 186 cm³/mol. The highest BCUT2D eigenvalue weighted by Gasteiger charge is 2.72. The number of Topliss-reactive ketones (excluding diaryl/α,β-unsaturated/α-hetero) is 4. The molecule has 0 amide bonds. The van der Waals surface area contributed by atoms with Crippen LogP contribution in [0.1, 0.15) is 96.8 Å². The van der Waals surface area contributed by atoms with Gasteiger partial charge in [-0.2, -0.15) is 0 Å². The van der Waals surface area contributed by atoms with E-state index in [2.05, 4.69) is 12.1 Å². The second kappa shape index (κ2) is 12.1. The lowest BCUT2D eigenvalue weighted by Gasteiger charge is -2.59. The van der Waals surface area contributed by atoms with Gasteiger partial charge in [0.05, 0.1) is 5.56 Å². The maximum absolute atomic E-state index is 14.6. The van der Waals surface area contributed by atoms with Gasteiger partial charge in [0.2, 0.25) is 5.78 Å². The quantitative estimate of drug-likeness (QED) is 0.227. The van der Waals surface area contributed by atoms with E-state index >= 15 is 0 Å². The third-order valence-electron chi connectivity index (χ3n) is 12.3. The Bertz CT molecular complexity index is 1820. The molecule has 4 aliphatic rings. The largest absolute Gasteiger partial charge is 0.508 e. The molecule has 0 saturated heterocycles. The Labute approximate surface area is 287 Å². The zero-order valence-corrected chi connectivity index (χ0v) is 29.4. The van der Waals surface area contributed by atoms with Gasteiger partial charge in [-0.15, -0.1) is 0 Å². The van der Waals surface area contributed by atoms with Crippen molar-refractivity contribution in [2.24, 2.45) is 34.5 Å². The average molecular weight is 669 g/mol. The molecule has 8 nitrogen and oxygen atoms in total. The second-order valence-corrected chi connectivity index (χ2v) is 15.9. The van der Waals surface area contributed by atoms with Crippen molar-refractivity contribution in [2.75, 3.05) is 0 Å². The van der Waals surface area contributed by atoms with Crippen molar-refractivity contribution in [3.05, 3.63) is 70.0 Å². The van der Waals surface area contributed by atoms with Crippen LogP contribution in [0.25, 0.3) is 16.9 Å². The van der Waals surface area contributed by atoms with Crippen molar-refractivity contribution >= 4 is 28.9 Å². The summed E-state index contributed by atoms with van der Waals surface area (Å²) in [6.45, 7) is 10.1. The number of carbonyl (C=O) groups excluding carboxylic acids is 4. The fourth-order valence-electron chi connectivity index (χ4n) is 10.1. The zero-order valence-electron chi connectivity index (χ0n) is 29.4. The molecule has 4 N–H and O–H groups in total. The number of carbonyl (C=O) groups is 4. The summed E-state index contributed by atoms with van der Waals surface area (Å²) >= 11 is 0. The highest BCUT2D eigenvalue weighted by atomic mass is 16.3. The van der Waals surface area contributed by atoms with Crippen molar-refractivity contribution in [2.45, 2.75) is 98.5 Å². The predicted octanol–water partition coefficient (Wildman–Crippen LogP) is 7.18. The molecule has 2 aromatic rings. The maximum atomic E-state index is 14.6.